The molecule has 1 aliphatic rings. The third-order valence-electron chi connectivity index (χ3n) is 5.50. The van der Waals surface area contributed by atoms with Gasteiger partial charge >= 0.3 is 0 Å². The van der Waals surface area contributed by atoms with Crippen molar-refractivity contribution in [3.63, 3.8) is 0 Å². The molecule has 4 rings (SSSR count). The zero-order chi connectivity index (χ0) is 25.9. The van der Waals surface area contributed by atoms with Gasteiger partial charge in [-0.15, -0.1) is 0 Å². The van der Waals surface area contributed by atoms with E-state index in [-0.39, 0.29) is 41.7 Å². The molecule has 0 radical (unpaired) electrons. The molecule has 1 saturated carbocycles. The molecule has 0 saturated heterocycles. The zero-order valence-electron chi connectivity index (χ0n) is 19.3. The van der Waals surface area contributed by atoms with E-state index in [0.717, 1.165) is 31.0 Å². The van der Waals surface area contributed by atoms with Gasteiger partial charge in [0.15, 0.2) is 0 Å². The van der Waals surface area contributed by atoms with Crippen LogP contribution in [-0.2, 0) is 21.9 Å². The van der Waals surface area contributed by atoms with Crippen molar-refractivity contribution in [2.24, 2.45) is 5.92 Å². The van der Waals surface area contributed by atoms with Gasteiger partial charge in [-0.3, -0.25) is 9.59 Å². The van der Waals surface area contributed by atoms with Crippen molar-refractivity contribution in [2.75, 3.05) is 10.6 Å². The summed E-state index contributed by atoms with van der Waals surface area (Å²) in [6, 6.07) is 9.88. The number of halogens is 4. The van der Waals surface area contributed by atoms with Crippen molar-refractivity contribution in [3.05, 3.63) is 77.5 Å². The molecular formula is C26H23F4N3O3. The van der Waals surface area contributed by atoms with Crippen LogP contribution in [0.5, 0.6) is 11.5 Å². The minimum atomic E-state index is -3.27. The van der Waals surface area contributed by atoms with Crippen LogP contribution >= 0.6 is 0 Å². The Morgan fingerprint density at radius 2 is 1.78 bits per heavy atom. The molecule has 1 heterocycles. The number of ether oxygens (including phenoxy) is 1. The van der Waals surface area contributed by atoms with Crippen molar-refractivity contribution in [3.8, 4) is 11.5 Å². The summed E-state index contributed by atoms with van der Waals surface area (Å²) in [6.07, 6.45) is 3.05. The van der Waals surface area contributed by atoms with Crippen LogP contribution in [0, 0.1) is 17.6 Å². The number of carbonyl (C=O) groups is 2. The second-order valence-electron chi connectivity index (χ2n) is 8.66. The fourth-order valence-electron chi connectivity index (χ4n) is 3.43. The number of hydrogen-bond acceptors (Lipinski definition) is 4. The maximum atomic E-state index is 14.6. The van der Waals surface area contributed by atoms with Crippen LogP contribution in [0.1, 0.15) is 37.3 Å². The summed E-state index contributed by atoms with van der Waals surface area (Å²) >= 11 is 0. The molecule has 2 amide bonds. The third-order valence-corrected chi connectivity index (χ3v) is 5.50. The molecule has 1 fully saturated rings. The van der Waals surface area contributed by atoms with Gasteiger partial charge in [0.05, 0.1) is 0 Å². The number of pyridine rings is 1. The average molecular weight is 501 g/mol. The summed E-state index contributed by atoms with van der Waals surface area (Å²) in [4.78, 5) is 28.2. The van der Waals surface area contributed by atoms with Crippen LogP contribution in [0.15, 0.2) is 54.7 Å². The molecule has 188 valence electrons. The molecule has 1 aliphatic carbocycles. The van der Waals surface area contributed by atoms with Gasteiger partial charge in [0.2, 0.25) is 11.8 Å². The Kier molecular flexibility index (Phi) is 7.23. The van der Waals surface area contributed by atoms with Crippen LogP contribution in [-0.4, -0.2) is 16.8 Å². The molecule has 0 unspecified atom stereocenters. The number of carbonyl (C=O) groups excluding carboxylic acids is 2. The largest absolute Gasteiger partial charge is 0.457 e. The molecule has 0 atom stereocenters. The lowest BCUT2D eigenvalue weighted by molar-refractivity contribution is -0.117. The maximum Gasteiger partial charge on any atom is 0.270 e. The van der Waals surface area contributed by atoms with Gasteiger partial charge in [-0.25, -0.2) is 22.5 Å². The highest BCUT2D eigenvalue weighted by molar-refractivity contribution is 5.93. The topological polar surface area (TPSA) is 80.3 Å². The van der Waals surface area contributed by atoms with E-state index in [1.807, 2.05) is 0 Å². The van der Waals surface area contributed by atoms with Gasteiger partial charge in [0, 0.05) is 48.8 Å². The fourth-order valence-corrected chi connectivity index (χ4v) is 3.43. The maximum absolute atomic E-state index is 14.6. The Labute approximate surface area is 204 Å². The first-order valence-corrected chi connectivity index (χ1v) is 11.3. The van der Waals surface area contributed by atoms with Crippen LogP contribution in [0.4, 0.5) is 29.1 Å². The summed E-state index contributed by atoms with van der Waals surface area (Å²) in [5.41, 5.74) is -0.429. The molecule has 2 aromatic carbocycles. The quantitative estimate of drug-likeness (QED) is 0.343. The summed E-state index contributed by atoms with van der Waals surface area (Å²) in [7, 11) is 0. The van der Waals surface area contributed by atoms with Crippen LogP contribution < -0.4 is 15.4 Å². The summed E-state index contributed by atoms with van der Waals surface area (Å²) in [6.45, 7) is 0.629. The molecule has 10 heteroatoms. The first-order valence-electron chi connectivity index (χ1n) is 11.3. The SMILES string of the molecule is CC(F)(F)c1cc(F)cc(NC(=O)CCc2ccc(Oc3ccnc(NC(=O)C4CC4)c3)cc2F)c1. The number of aryl methyl sites for hydroxylation is 1. The molecule has 36 heavy (non-hydrogen) atoms. The molecule has 0 spiro atoms. The number of alkyl halides is 2. The van der Waals surface area contributed by atoms with Crippen LogP contribution in [0.3, 0.4) is 0 Å². The summed E-state index contributed by atoms with van der Waals surface area (Å²) in [5.74, 6) is -4.53. The summed E-state index contributed by atoms with van der Waals surface area (Å²) in [5, 5.41) is 5.07. The van der Waals surface area contributed by atoms with E-state index in [9.17, 15) is 27.2 Å². The lowest BCUT2D eigenvalue weighted by Gasteiger charge is -2.13. The van der Waals surface area contributed by atoms with E-state index in [2.05, 4.69) is 15.6 Å². The van der Waals surface area contributed by atoms with E-state index >= 15 is 0 Å². The minimum absolute atomic E-state index is 0.0208. The standard InChI is InChI=1S/C26H23F4N3O3/c1-26(29,30)17-10-18(27)12-19(11-17)32-24(34)7-5-15-4-6-20(13-22(15)28)36-21-8-9-31-23(14-21)33-25(35)16-2-3-16/h4,6,8-14,16H,2-3,5,7H2,1H3,(H,32,34)(H,31,33,35). The van der Waals surface area contributed by atoms with Crippen LogP contribution in [0.2, 0.25) is 0 Å². The molecule has 3 aromatic rings. The number of anilines is 2. The Bertz CT molecular complexity index is 1290. The monoisotopic (exact) mass is 501 g/mol. The first-order chi connectivity index (χ1) is 17.1. The second kappa shape index (κ2) is 10.3. The van der Waals surface area contributed by atoms with Crippen molar-refractivity contribution >= 4 is 23.3 Å². The number of aromatic nitrogens is 1. The van der Waals surface area contributed by atoms with E-state index in [4.69, 9.17) is 4.74 Å². The molecule has 0 aliphatic heterocycles. The third kappa shape index (κ3) is 6.80. The van der Waals surface area contributed by atoms with E-state index < -0.39 is 29.0 Å². The highest BCUT2D eigenvalue weighted by Crippen LogP contribution is 2.31. The van der Waals surface area contributed by atoms with Crippen molar-refractivity contribution in [1.29, 1.82) is 0 Å². The van der Waals surface area contributed by atoms with Gasteiger partial charge in [-0.05, 0) is 55.2 Å². The predicted molar refractivity (Wildman–Crippen MR) is 125 cm³/mol. The van der Waals surface area contributed by atoms with Crippen molar-refractivity contribution < 1.29 is 31.9 Å². The number of rotatable bonds is 9. The molecular weight excluding hydrogens is 478 g/mol. The first kappa shape index (κ1) is 25.2. The molecule has 1 aromatic heterocycles. The predicted octanol–water partition coefficient (Wildman–Crippen LogP) is 6.18. The van der Waals surface area contributed by atoms with Crippen molar-refractivity contribution in [2.45, 2.75) is 38.5 Å². The Balaban J connectivity index is 1.33. The Hall–Kier alpha value is -3.95. The van der Waals surface area contributed by atoms with Crippen LogP contribution in [0.25, 0.3) is 0 Å². The lowest BCUT2D eigenvalue weighted by atomic mass is 10.1. The number of nitrogens with zero attached hydrogens (tertiary/aromatic N) is 1. The van der Waals surface area contributed by atoms with Gasteiger partial charge < -0.3 is 15.4 Å². The highest BCUT2D eigenvalue weighted by atomic mass is 19.3. The van der Waals surface area contributed by atoms with Gasteiger partial charge in [-0.1, -0.05) is 6.07 Å². The molecule has 2 N–H and O–H groups in total. The van der Waals surface area contributed by atoms with E-state index in [0.29, 0.717) is 24.6 Å². The van der Waals surface area contributed by atoms with Gasteiger partial charge in [-0.2, -0.15) is 0 Å². The molecule has 0 bridgehead atoms. The second-order valence-corrected chi connectivity index (χ2v) is 8.66. The Morgan fingerprint density at radius 1 is 1.03 bits per heavy atom. The lowest BCUT2D eigenvalue weighted by Crippen LogP contribution is -2.14. The fraction of sp³-hybridized carbons (Fsp3) is 0.269. The van der Waals surface area contributed by atoms with Gasteiger partial charge in [0.1, 0.15) is 29.0 Å². The number of nitrogens with one attached hydrogen (secondary N) is 2. The molecule has 6 nitrogen and oxygen atoms in total. The highest BCUT2D eigenvalue weighted by Gasteiger charge is 2.30. The average Bonchev–Trinajstić information content (AvgIpc) is 3.63. The van der Waals surface area contributed by atoms with Gasteiger partial charge in [0.25, 0.3) is 5.92 Å². The van der Waals surface area contributed by atoms with Crippen molar-refractivity contribution in [1.82, 2.24) is 4.98 Å². The number of benzene rings is 2. The smallest absolute Gasteiger partial charge is 0.270 e. The number of hydrogen-bond donors (Lipinski definition) is 2. The minimum Gasteiger partial charge on any atom is -0.457 e. The number of amides is 2. The summed E-state index contributed by atoms with van der Waals surface area (Å²) < 4.78 is 60.9. The Morgan fingerprint density at radius 3 is 2.47 bits per heavy atom. The normalized spacial score (nSPS) is 13.2. The van der Waals surface area contributed by atoms with E-state index in [1.165, 1.54) is 24.4 Å². The zero-order valence-corrected chi connectivity index (χ0v) is 19.3. The van der Waals surface area contributed by atoms with E-state index in [1.54, 1.807) is 6.07 Å².